The summed E-state index contributed by atoms with van der Waals surface area (Å²) in [7, 11) is 1.36. The fraction of sp³-hybridized carbons (Fsp3) is 0.0526. The van der Waals surface area contributed by atoms with Crippen LogP contribution in [0.15, 0.2) is 47.8 Å². The van der Waals surface area contributed by atoms with Gasteiger partial charge in [0.2, 0.25) is 0 Å². The van der Waals surface area contributed by atoms with Gasteiger partial charge in [-0.05, 0) is 35.9 Å². The number of rotatable bonds is 5. The number of anilines is 1. The molecule has 0 aliphatic rings. The van der Waals surface area contributed by atoms with E-state index in [9.17, 15) is 19.1 Å². The quantitative estimate of drug-likeness (QED) is 0.614. The van der Waals surface area contributed by atoms with Crippen molar-refractivity contribution in [3.63, 3.8) is 0 Å². The van der Waals surface area contributed by atoms with Crippen molar-refractivity contribution in [3.8, 4) is 16.9 Å². The van der Waals surface area contributed by atoms with E-state index in [1.54, 1.807) is 29.6 Å². The minimum atomic E-state index is -1.19. The van der Waals surface area contributed by atoms with E-state index in [1.165, 1.54) is 19.2 Å². The summed E-state index contributed by atoms with van der Waals surface area (Å²) in [5.41, 5.74) is 1.02. The van der Waals surface area contributed by atoms with E-state index < -0.39 is 17.7 Å². The van der Waals surface area contributed by atoms with Gasteiger partial charge < -0.3 is 15.2 Å². The average molecular weight is 406 g/mol. The van der Waals surface area contributed by atoms with Crippen LogP contribution in [0.1, 0.15) is 20.7 Å². The highest BCUT2D eigenvalue weighted by Gasteiger charge is 2.23. The lowest BCUT2D eigenvalue weighted by Gasteiger charge is -2.09. The van der Waals surface area contributed by atoms with E-state index >= 15 is 0 Å². The van der Waals surface area contributed by atoms with Gasteiger partial charge in [-0.15, -0.1) is 11.3 Å². The minimum absolute atomic E-state index is 0.0321. The molecule has 0 atom stereocenters. The first-order valence-corrected chi connectivity index (χ1v) is 8.92. The van der Waals surface area contributed by atoms with Gasteiger partial charge in [-0.25, -0.2) is 9.18 Å². The SMILES string of the molecule is COc1ccc(F)cc1C(=O)Nc1scc(-c2ccc(Cl)cc2)c1C(=O)O. The average Bonchev–Trinajstić information content (AvgIpc) is 3.06. The molecule has 0 spiro atoms. The number of hydrogen-bond donors (Lipinski definition) is 2. The van der Waals surface area contributed by atoms with E-state index in [1.807, 2.05) is 0 Å². The van der Waals surface area contributed by atoms with Crippen LogP contribution in [-0.2, 0) is 0 Å². The second-order valence-electron chi connectivity index (χ2n) is 5.46. The molecule has 0 fully saturated rings. The van der Waals surface area contributed by atoms with Crippen molar-refractivity contribution in [1.29, 1.82) is 0 Å². The van der Waals surface area contributed by atoms with Crippen molar-refractivity contribution in [2.75, 3.05) is 12.4 Å². The summed E-state index contributed by atoms with van der Waals surface area (Å²) in [5.74, 6) is -2.28. The molecule has 2 N–H and O–H groups in total. The zero-order valence-electron chi connectivity index (χ0n) is 14.0. The number of amides is 1. The van der Waals surface area contributed by atoms with E-state index in [4.69, 9.17) is 16.3 Å². The summed E-state index contributed by atoms with van der Waals surface area (Å²) in [5, 5.41) is 14.5. The fourth-order valence-corrected chi connectivity index (χ4v) is 3.61. The summed E-state index contributed by atoms with van der Waals surface area (Å²) >= 11 is 6.94. The number of carbonyl (C=O) groups excluding carboxylic acids is 1. The predicted molar refractivity (Wildman–Crippen MR) is 103 cm³/mol. The number of thiophene rings is 1. The van der Waals surface area contributed by atoms with Gasteiger partial charge >= 0.3 is 5.97 Å². The Morgan fingerprint density at radius 3 is 2.52 bits per heavy atom. The Kier molecular flexibility index (Phi) is 5.43. The topological polar surface area (TPSA) is 75.6 Å². The Labute approximate surface area is 163 Å². The zero-order chi connectivity index (χ0) is 19.6. The fourth-order valence-electron chi connectivity index (χ4n) is 2.53. The van der Waals surface area contributed by atoms with Crippen LogP contribution in [0, 0.1) is 5.82 Å². The van der Waals surface area contributed by atoms with Crippen LogP contribution < -0.4 is 10.1 Å². The van der Waals surface area contributed by atoms with Gasteiger partial charge in [-0.1, -0.05) is 23.7 Å². The molecule has 0 saturated carbocycles. The van der Waals surface area contributed by atoms with Crippen LogP contribution in [0.5, 0.6) is 5.75 Å². The summed E-state index contributed by atoms with van der Waals surface area (Å²) in [6.07, 6.45) is 0. The number of aromatic carboxylic acids is 1. The number of methoxy groups -OCH3 is 1. The molecule has 3 aromatic rings. The Morgan fingerprint density at radius 1 is 1.19 bits per heavy atom. The Balaban J connectivity index is 1.98. The van der Waals surface area contributed by atoms with E-state index in [0.717, 1.165) is 17.4 Å². The van der Waals surface area contributed by atoms with Crippen molar-refractivity contribution in [1.82, 2.24) is 0 Å². The molecule has 0 saturated heterocycles. The first kappa shape index (κ1) is 18.9. The second-order valence-corrected chi connectivity index (χ2v) is 6.78. The number of carbonyl (C=O) groups is 2. The molecule has 5 nitrogen and oxygen atoms in total. The van der Waals surface area contributed by atoms with Crippen LogP contribution in [0.25, 0.3) is 11.1 Å². The highest BCUT2D eigenvalue weighted by atomic mass is 35.5. The smallest absolute Gasteiger partial charge is 0.339 e. The maximum Gasteiger partial charge on any atom is 0.339 e. The summed E-state index contributed by atoms with van der Waals surface area (Å²) < 4.78 is 18.6. The van der Waals surface area contributed by atoms with Crippen LogP contribution in [0.3, 0.4) is 0 Å². The molecule has 27 heavy (non-hydrogen) atoms. The first-order chi connectivity index (χ1) is 12.9. The molecular weight excluding hydrogens is 393 g/mol. The maximum absolute atomic E-state index is 13.5. The van der Waals surface area contributed by atoms with Gasteiger partial charge in [0.15, 0.2) is 0 Å². The third kappa shape index (κ3) is 3.94. The van der Waals surface area contributed by atoms with Crippen molar-refractivity contribution in [2.45, 2.75) is 0 Å². The first-order valence-electron chi connectivity index (χ1n) is 7.66. The lowest BCUT2D eigenvalue weighted by Crippen LogP contribution is -2.15. The Bertz CT molecular complexity index is 1020. The summed E-state index contributed by atoms with van der Waals surface area (Å²) in [4.78, 5) is 24.3. The molecule has 0 aliphatic carbocycles. The molecule has 2 aromatic carbocycles. The van der Waals surface area contributed by atoms with Gasteiger partial charge in [0.1, 0.15) is 22.1 Å². The highest BCUT2D eigenvalue weighted by Crippen LogP contribution is 2.36. The van der Waals surface area contributed by atoms with E-state index in [2.05, 4.69) is 5.32 Å². The minimum Gasteiger partial charge on any atom is -0.496 e. The van der Waals surface area contributed by atoms with Gasteiger partial charge in [0.25, 0.3) is 5.91 Å². The van der Waals surface area contributed by atoms with Crippen LogP contribution in [0.4, 0.5) is 9.39 Å². The molecule has 0 aliphatic heterocycles. The lowest BCUT2D eigenvalue weighted by molar-refractivity contribution is 0.0699. The van der Waals surface area contributed by atoms with Gasteiger partial charge in [0, 0.05) is 16.0 Å². The normalized spacial score (nSPS) is 10.5. The molecule has 1 heterocycles. The number of benzene rings is 2. The largest absolute Gasteiger partial charge is 0.496 e. The number of carboxylic acid groups (broad SMARTS) is 1. The molecular formula is C19H13ClFNO4S. The van der Waals surface area contributed by atoms with Crippen LogP contribution >= 0.6 is 22.9 Å². The third-order valence-electron chi connectivity index (χ3n) is 3.79. The highest BCUT2D eigenvalue weighted by molar-refractivity contribution is 7.15. The standard InChI is InChI=1S/C19H13ClFNO4S/c1-26-15-7-6-12(21)8-13(15)17(23)22-18-16(19(24)25)14(9-27-18)10-2-4-11(20)5-3-10/h2-9H,1H3,(H,22,23)(H,24,25). The monoisotopic (exact) mass is 405 g/mol. The number of carboxylic acids is 1. The molecule has 1 amide bonds. The van der Waals surface area contributed by atoms with E-state index in [-0.39, 0.29) is 21.9 Å². The molecule has 0 bridgehead atoms. The molecule has 138 valence electrons. The Morgan fingerprint density at radius 2 is 1.89 bits per heavy atom. The van der Waals surface area contributed by atoms with Gasteiger partial charge in [-0.2, -0.15) is 0 Å². The van der Waals surface area contributed by atoms with Gasteiger partial charge in [-0.3, -0.25) is 4.79 Å². The maximum atomic E-state index is 13.5. The van der Waals surface area contributed by atoms with Crippen molar-refractivity contribution >= 4 is 39.8 Å². The number of ether oxygens (including phenoxy) is 1. The van der Waals surface area contributed by atoms with Gasteiger partial charge in [0.05, 0.1) is 12.7 Å². The molecule has 0 unspecified atom stereocenters. The lowest BCUT2D eigenvalue weighted by atomic mass is 10.0. The van der Waals surface area contributed by atoms with Crippen molar-refractivity contribution in [2.24, 2.45) is 0 Å². The van der Waals surface area contributed by atoms with E-state index in [0.29, 0.717) is 16.1 Å². The molecule has 3 rings (SSSR count). The number of hydrogen-bond acceptors (Lipinski definition) is 4. The summed E-state index contributed by atoms with van der Waals surface area (Å²) in [6, 6.07) is 10.2. The van der Waals surface area contributed by atoms with Crippen molar-refractivity contribution in [3.05, 3.63) is 69.8 Å². The zero-order valence-corrected chi connectivity index (χ0v) is 15.5. The predicted octanol–water partition coefficient (Wildman–Crippen LogP) is 5.17. The Hall–Kier alpha value is -2.90. The second kappa shape index (κ2) is 7.77. The third-order valence-corrected chi connectivity index (χ3v) is 4.94. The number of nitrogens with one attached hydrogen (secondary N) is 1. The number of halogens is 2. The summed E-state index contributed by atoms with van der Waals surface area (Å²) in [6.45, 7) is 0. The molecule has 8 heteroatoms. The molecule has 0 radical (unpaired) electrons. The van der Waals surface area contributed by atoms with Crippen LogP contribution in [-0.4, -0.2) is 24.1 Å². The van der Waals surface area contributed by atoms with Crippen molar-refractivity contribution < 1.29 is 23.8 Å². The van der Waals surface area contributed by atoms with Crippen LogP contribution in [0.2, 0.25) is 5.02 Å². The molecule has 1 aromatic heterocycles.